The van der Waals surface area contributed by atoms with Crippen LogP contribution in [0.5, 0.6) is 5.75 Å². The summed E-state index contributed by atoms with van der Waals surface area (Å²) in [7, 11) is 0. The van der Waals surface area contributed by atoms with Crippen molar-refractivity contribution < 1.29 is 19.4 Å². The fourth-order valence-corrected chi connectivity index (χ4v) is 4.07. The summed E-state index contributed by atoms with van der Waals surface area (Å²) >= 11 is 0. The van der Waals surface area contributed by atoms with Gasteiger partial charge in [0.1, 0.15) is 12.4 Å². The van der Waals surface area contributed by atoms with Gasteiger partial charge in [-0.15, -0.1) is 0 Å². The van der Waals surface area contributed by atoms with E-state index in [4.69, 9.17) is 11.3 Å². The van der Waals surface area contributed by atoms with Gasteiger partial charge < -0.3 is 15.2 Å². The maximum atomic E-state index is 13.5. The number of ether oxygens (including phenoxy) is 1. The molecule has 3 rings (SSSR count). The van der Waals surface area contributed by atoms with E-state index in [0.29, 0.717) is 28.5 Å². The third-order valence-electron chi connectivity index (χ3n) is 5.84. The first-order valence-corrected chi connectivity index (χ1v) is 12.1. The molecular formula is C30H32N2O4. The van der Waals surface area contributed by atoms with Gasteiger partial charge in [0, 0.05) is 12.0 Å². The molecule has 0 aromatic heterocycles. The average Bonchev–Trinajstić information content (AvgIpc) is 2.85. The number of rotatable bonds is 11. The molecule has 0 aliphatic heterocycles. The van der Waals surface area contributed by atoms with E-state index in [1.54, 1.807) is 36.4 Å². The molecule has 186 valence electrons. The first-order chi connectivity index (χ1) is 17.2. The van der Waals surface area contributed by atoms with Crippen molar-refractivity contribution in [2.24, 2.45) is 5.92 Å². The van der Waals surface area contributed by atoms with E-state index >= 15 is 0 Å². The van der Waals surface area contributed by atoms with Gasteiger partial charge in [-0.3, -0.25) is 9.59 Å². The van der Waals surface area contributed by atoms with Gasteiger partial charge in [-0.05, 0) is 60.6 Å². The number of benzene rings is 3. The number of nitrogens with one attached hydrogen (secondary N) is 1. The summed E-state index contributed by atoms with van der Waals surface area (Å²) < 4.78 is 5.85. The van der Waals surface area contributed by atoms with Crippen LogP contribution in [0, 0.1) is 19.4 Å². The molecule has 0 aliphatic carbocycles. The van der Waals surface area contributed by atoms with Crippen LogP contribution in [0.25, 0.3) is 4.85 Å². The summed E-state index contributed by atoms with van der Waals surface area (Å²) in [5, 5.41) is 12.4. The number of aliphatic carboxylic acids is 1. The smallest absolute Gasteiger partial charge is 0.303 e. The molecule has 0 saturated heterocycles. The Balaban J connectivity index is 1.86. The molecule has 0 fully saturated rings. The highest BCUT2D eigenvalue weighted by atomic mass is 16.5. The van der Waals surface area contributed by atoms with Gasteiger partial charge in [0.2, 0.25) is 0 Å². The molecule has 6 heteroatoms. The van der Waals surface area contributed by atoms with Gasteiger partial charge in [-0.25, -0.2) is 4.85 Å². The molecule has 0 radical (unpaired) electrons. The Morgan fingerprint density at radius 1 is 1.06 bits per heavy atom. The third-order valence-corrected chi connectivity index (χ3v) is 5.84. The third kappa shape index (κ3) is 7.71. The van der Waals surface area contributed by atoms with Gasteiger partial charge in [0.25, 0.3) is 5.91 Å². The highest BCUT2D eigenvalue weighted by Crippen LogP contribution is 2.25. The quantitative estimate of drug-likeness (QED) is 0.298. The monoisotopic (exact) mass is 484 g/mol. The average molecular weight is 485 g/mol. The summed E-state index contributed by atoms with van der Waals surface area (Å²) in [5.74, 6) is -0.209. The largest absolute Gasteiger partial charge is 0.490 e. The van der Waals surface area contributed by atoms with Crippen molar-refractivity contribution in [3.8, 4) is 5.75 Å². The highest BCUT2D eigenvalue weighted by Gasteiger charge is 2.20. The molecule has 36 heavy (non-hydrogen) atoms. The molecule has 1 unspecified atom stereocenters. The zero-order valence-electron chi connectivity index (χ0n) is 21.0. The van der Waals surface area contributed by atoms with E-state index in [9.17, 15) is 14.7 Å². The van der Waals surface area contributed by atoms with Crippen LogP contribution in [-0.4, -0.2) is 17.0 Å². The number of amides is 1. The van der Waals surface area contributed by atoms with E-state index < -0.39 is 5.97 Å². The lowest BCUT2D eigenvalue weighted by atomic mass is 9.94. The molecule has 0 saturated carbocycles. The number of carbonyl (C=O) groups excluding carboxylic acids is 1. The van der Waals surface area contributed by atoms with Crippen molar-refractivity contribution in [1.82, 2.24) is 5.32 Å². The number of hydrogen-bond donors (Lipinski definition) is 2. The first kappa shape index (κ1) is 26.5. The Morgan fingerprint density at radius 3 is 2.53 bits per heavy atom. The molecular weight excluding hydrogens is 452 g/mol. The van der Waals surface area contributed by atoms with Crippen LogP contribution in [0.3, 0.4) is 0 Å². The van der Waals surface area contributed by atoms with Crippen LogP contribution in [0.4, 0.5) is 5.69 Å². The van der Waals surface area contributed by atoms with Crippen LogP contribution in [0.15, 0.2) is 66.7 Å². The SMILES string of the molecule is [C-]#[N+]c1cccc(OCc2ccc(CCC(=O)O)c(C(=O)NC(CC(C)C)c3cccc(C)c3)c2)c1. The van der Waals surface area contributed by atoms with Crippen LogP contribution >= 0.6 is 0 Å². The molecule has 3 aromatic rings. The van der Waals surface area contributed by atoms with Crippen LogP contribution in [-0.2, 0) is 17.8 Å². The number of carboxylic acid groups (broad SMARTS) is 1. The minimum atomic E-state index is -0.911. The Hall–Kier alpha value is -4.11. The minimum absolute atomic E-state index is 0.0627. The highest BCUT2D eigenvalue weighted by molar-refractivity contribution is 5.96. The summed E-state index contributed by atoms with van der Waals surface area (Å²) in [6.45, 7) is 13.6. The van der Waals surface area contributed by atoms with Gasteiger partial charge in [-0.2, -0.15) is 0 Å². The van der Waals surface area contributed by atoms with Crippen LogP contribution in [0.2, 0.25) is 0 Å². The Morgan fingerprint density at radius 2 is 1.83 bits per heavy atom. The van der Waals surface area contributed by atoms with E-state index in [-0.39, 0.29) is 31.4 Å². The molecule has 6 nitrogen and oxygen atoms in total. The molecule has 0 bridgehead atoms. The molecule has 1 atom stereocenters. The van der Waals surface area contributed by atoms with E-state index in [1.807, 2.05) is 31.2 Å². The lowest BCUT2D eigenvalue weighted by molar-refractivity contribution is -0.136. The van der Waals surface area contributed by atoms with Crippen molar-refractivity contribution in [3.05, 3.63) is 106 Å². The molecule has 1 amide bonds. The number of aryl methyl sites for hydroxylation is 2. The number of carboxylic acids is 1. The predicted octanol–water partition coefficient (Wildman–Crippen LogP) is 6.66. The van der Waals surface area contributed by atoms with Crippen molar-refractivity contribution in [1.29, 1.82) is 0 Å². The summed E-state index contributed by atoms with van der Waals surface area (Å²) in [5.41, 5.74) is 4.57. The second-order valence-corrected chi connectivity index (χ2v) is 9.35. The Bertz CT molecular complexity index is 1260. The summed E-state index contributed by atoms with van der Waals surface area (Å²) in [4.78, 5) is 28.2. The van der Waals surface area contributed by atoms with E-state index in [1.165, 1.54) is 0 Å². The fourth-order valence-electron chi connectivity index (χ4n) is 4.07. The van der Waals surface area contributed by atoms with Gasteiger partial charge in [0.05, 0.1) is 12.6 Å². The first-order valence-electron chi connectivity index (χ1n) is 12.1. The standard InChI is InChI=1S/C30H32N2O4/c1-20(2)15-28(24-8-5-7-21(3)16-24)32-30(35)27-17-22(11-12-23(27)13-14-29(33)34)19-36-26-10-6-9-25(18-26)31-4/h5-12,16-18,20,28H,13-15,19H2,1-3H3,(H,32,35)(H,33,34). The lowest BCUT2D eigenvalue weighted by Gasteiger charge is -2.23. The zero-order valence-corrected chi connectivity index (χ0v) is 21.0. The second kappa shape index (κ2) is 12.6. The molecule has 0 aliphatic rings. The molecule has 2 N–H and O–H groups in total. The Kier molecular flexibility index (Phi) is 9.24. The number of carbonyl (C=O) groups is 2. The maximum Gasteiger partial charge on any atom is 0.303 e. The van der Waals surface area contributed by atoms with Crippen molar-refractivity contribution in [3.63, 3.8) is 0 Å². The second-order valence-electron chi connectivity index (χ2n) is 9.35. The maximum absolute atomic E-state index is 13.5. The topological polar surface area (TPSA) is 80.0 Å². The predicted molar refractivity (Wildman–Crippen MR) is 140 cm³/mol. The Labute approximate surface area is 212 Å². The minimum Gasteiger partial charge on any atom is -0.490 e. The van der Waals surface area contributed by atoms with Crippen LogP contribution in [0.1, 0.15) is 65.3 Å². The normalized spacial score (nSPS) is 11.5. The number of hydrogen-bond acceptors (Lipinski definition) is 3. The fraction of sp³-hybridized carbons (Fsp3) is 0.300. The summed E-state index contributed by atoms with van der Waals surface area (Å²) in [6.07, 6.45) is 0.970. The van der Waals surface area contributed by atoms with Crippen molar-refractivity contribution >= 4 is 17.6 Å². The van der Waals surface area contributed by atoms with Gasteiger partial charge in [0.15, 0.2) is 5.69 Å². The molecule has 3 aromatic carbocycles. The van der Waals surface area contributed by atoms with Crippen LogP contribution < -0.4 is 10.1 Å². The van der Waals surface area contributed by atoms with E-state index in [2.05, 4.69) is 30.1 Å². The van der Waals surface area contributed by atoms with Crippen molar-refractivity contribution in [2.45, 2.75) is 52.7 Å². The van der Waals surface area contributed by atoms with Crippen molar-refractivity contribution in [2.75, 3.05) is 0 Å². The molecule has 0 spiro atoms. The number of nitrogens with zero attached hydrogens (tertiary/aromatic N) is 1. The van der Waals surface area contributed by atoms with E-state index in [0.717, 1.165) is 23.1 Å². The lowest BCUT2D eigenvalue weighted by Crippen LogP contribution is -2.30. The van der Waals surface area contributed by atoms with Gasteiger partial charge in [-0.1, -0.05) is 67.9 Å². The zero-order chi connectivity index (χ0) is 26.1. The molecule has 0 heterocycles. The van der Waals surface area contributed by atoms with Gasteiger partial charge >= 0.3 is 5.97 Å². The summed E-state index contributed by atoms with van der Waals surface area (Å²) in [6, 6.07) is 20.3.